The van der Waals surface area contributed by atoms with Gasteiger partial charge in [-0.15, -0.1) is 5.73 Å². The summed E-state index contributed by atoms with van der Waals surface area (Å²) in [4.78, 5) is 0. The fourth-order valence-corrected chi connectivity index (χ4v) is 5.52. The third kappa shape index (κ3) is 2.93. The van der Waals surface area contributed by atoms with Gasteiger partial charge in [0.05, 0.1) is 5.31 Å². The van der Waals surface area contributed by atoms with Gasteiger partial charge in [0, 0.05) is 10.6 Å². The van der Waals surface area contributed by atoms with E-state index < -0.39 is 7.14 Å². The van der Waals surface area contributed by atoms with Gasteiger partial charge in [-0.2, -0.15) is 0 Å². The molecular formula is C22H19OP. The highest BCUT2D eigenvalue weighted by atomic mass is 31.2. The van der Waals surface area contributed by atoms with Crippen LogP contribution in [0.3, 0.4) is 0 Å². The third-order valence-corrected chi connectivity index (χ3v) is 7.14. The van der Waals surface area contributed by atoms with Crippen LogP contribution in [0.4, 0.5) is 0 Å². The van der Waals surface area contributed by atoms with Gasteiger partial charge in [0.1, 0.15) is 0 Å². The molecule has 0 aliphatic heterocycles. The average molecular weight is 330 g/mol. The number of hydrogen-bond acceptors (Lipinski definition) is 1. The van der Waals surface area contributed by atoms with Crippen LogP contribution in [0.2, 0.25) is 0 Å². The lowest BCUT2D eigenvalue weighted by molar-refractivity contribution is 0.593. The van der Waals surface area contributed by atoms with Gasteiger partial charge in [-0.1, -0.05) is 97.1 Å². The largest absolute Gasteiger partial charge is 0.308 e. The van der Waals surface area contributed by atoms with Crippen molar-refractivity contribution in [3.05, 3.63) is 108 Å². The number of benzene rings is 3. The summed E-state index contributed by atoms with van der Waals surface area (Å²) in [5.41, 5.74) is 5.04. The molecule has 0 aliphatic carbocycles. The summed E-state index contributed by atoms with van der Waals surface area (Å²) in [6.45, 7) is 5.88. The highest BCUT2D eigenvalue weighted by Gasteiger charge is 2.32. The van der Waals surface area contributed by atoms with Crippen LogP contribution in [-0.2, 0) is 4.57 Å². The van der Waals surface area contributed by atoms with E-state index in [0.717, 1.165) is 21.7 Å². The van der Waals surface area contributed by atoms with Crippen molar-refractivity contribution in [3.63, 3.8) is 0 Å². The van der Waals surface area contributed by atoms with Gasteiger partial charge >= 0.3 is 0 Å². The van der Waals surface area contributed by atoms with Gasteiger partial charge < -0.3 is 4.57 Å². The minimum Gasteiger partial charge on any atom is -0.308 e. The summed E-state index contributed by atoms with van der Waals surface area (Å²) in [6, 6.07) is 27.2. The summed E-state index contributed by atoms with van der Waals surface area (Å²) >= 11 is 0. The van der Waals surface area contributed by atoms with E-state index in [1.807, 2.05) is 91.9 Å². The van der Waals surface area contributed by atoms with Crippen molar-refractivity contribution in [2.24, 2.45) is 0 Å². The maximum Gasteiger partial charge on any atom is 0.178 e. The molecule has 118 valence electrons. The van der Waals surface area contributed by atoms with Crippen molar-refractivity contribution in [2.75, 3.05) is 0 Å². The number of aryl methyl sites for hydroxylation is 1. The first-order valence-electron chi connectivity index (χ1n) is 7.85. The van der Waals surface area contributed by atoms with Crippen molar-refractivity contribution in [3.8, 4) is 0 Å². The fraction of sp³-hybridized carbons (Fsp3) is 0.0455. The minimum atomic E-state index is -3.03. The van der Waals surface area contributed by atoms with Crippen LogP contribution < -0.4 is 10.6 Å². The van der Waals surface area contributed by atoms with E-state index in [2.05, 4.69) is 12.3 Å². The monoisotopic (exact) mass is 330 g/mol. The molecule has 3 aromatic carbocycles. The highest BCUT2D eigenvalue weighted by Crippen LogP contribution is 2.55. The molecule has 0 aliphatic rings. The number of hydrogen-bond donors (Lipinski definition) is 0. The van der Waals surface area contributed by atoms with Gasteiger partial charge in [0.2, 0.25) is 0 Å². The molecule has 1 nitrogen and oxygen atoms in total. The van der Waals surface area contributed by atoms with E-state index in [1.54, 1.807) is 0 Å². The van der Waals surface area contributed by atoms with Crippen LogP contribution in [0, 0.1) is 6.92 Å². The molecule has 0 amide bonds. The van der Waals surface area contributed by atoms with Gasteiger partial charge in [0.25, 0.3) is 0 Å². The lowest BCUT2D eigenvalue weighted by atomic mass is 10.1. The third-order valence-electron chi connectivity index (χ3n) is 4.05. The molecule has 0 atom stereocenters. The zero-order valence-corrected chi connectivity index (χ0v) is 14.5. The van der Waals surface area contributed by atoms with Gasteiger partial charge in [-0.05, 0) is 12.5 Å². The lowest BCUT2D eigenvalue weighted by Gasteiger charge is -2.21. The fourth-order valence-electron chi connectivity index (χ4n) is 2.79. The Morgan fingerprint density at radius 1 is 0.792 bits per heavy atom. The Labute approximate surface area is 143 Å². The van der Waals surface area contributed by atoms with E-state index >= 15 is 0 Å². The van der Waals surface area contributed by atoms with E-state index in [1.165, 1.54) is 0 Å². The molecule has 2 heteroatoms. The Morgan fingerprint density at radius 3 is 1.67 bits per heavy atom. The highest BCUT2D eigenvalue weighted by molar-refractivity contribution is 7.87. The van der Waals surface area contributed by atoms with Gasteiger partial charge in [-0.25, -0.2) is 0 Å². The molecule has 3 rings (SSSR count). The van der Waals surface area contributed by atoms with Crippen molar-refractivity contribution in [2.45, 2.75) is 6.92 Å². The SMILES string of the molecule is C=C=C(c1ccc(C)cc1)P(=O)(c1ccccc1)c1ccccc1. The van der Waals surface area contributed by atoms with Crippen LogP contribution in [0.25, 0.3) is 5.31 Å². The van der Waals surface area contributed by atoms with Crippen LogP contribution in [0.5, 0.6) is 0 Å². The molecule has 0 radical (unpaired) electrons. The summed E-state index contributed by atoms with van der Waals surface area (Å²) in [7, 11) is -3.03. The van der Waals surface area contributed by atoms with Crippen LogP contribution in [0.15, 0.2) is 97.2 Å². The molecule has 0 aromatic heterocycles. The smallest absolute Gasteiger partial charge is 0.178 e. The zero-order valence-electron chi connectivity index (χ0n) is 13.6. The normalized spacial score (nSPS) is 10.9. The lowest BCUT2D eigenvalue weighted by Crippen LogP contribution is -2.16. The second kappa shape index (κ2) is 6.89. The number of rotatable bonds is 4. The predicted octanol–water partition coefficient (Wildman–Crippen LogP) is 5.13. The van der Waals surface area contributed by atoms with E-state index in [0.29, 0.717) is 5.31 Å². The topological polar surface area (TPSA) is 17.1 Å². The molecule has 0 fully saturated rings. The summed E-state index contributed by atoms with van der Waals surface area (Å²) in [5.74, 6) is 0. The molecule has 0 saturated carbocycles. The first kappa shape index (κ1) is 16.3. The van der Waals surface area contributed by atoms with Crippen molar-refractivity contribution in [1.29, 1.82) is 0 Å². The summed E-state index contributed by atoms with van der Waals surface area (Å²) < 4.78 is 14.3. The molecule has 0 unspecified atom stereocenters. The van der Waals surface area contributed by atoms with Crippen LogP contribution in [-0.4, -0.2) is 0 Å². The van der Waals surface area contributed by atoms with E-state index in [9.17, 15) is 4.57 Å². The molecule has 0 heterocycles. The molecule has 0 N–H and O–H groups in total. The Balaban J connectivity index is 2.27. The molecule has 3 aromatic rings. The van der Waals surface area contributed by atoms with E-state index in [4.69, 9.17) is 0 Å². The first-order chi connectivity index (χ1) is 11.7. The summed E-state index contributed by atoms with van der Waals surface area (Å²) in [6.07, 6.45) is 0. The Hall–Kier alpha value is -2.59. The maximum absolute atomic E-state index is 14.3. The molecule has 0 bridgehead atoms. The second-order valence-corrected chi connectivity index (χ2v) is 8.37. The van der Waals surface area contributed by atoms with Crippen LogP contribution in [0.1, 0.15) is 11.1 Å². The van der Waals surface area contributed by atoms with Gasteiger partial charge in [-0.3, -0.25) is 0 Å². The Bertz CT molecular complexity index is 875. The van der Waals surface area contributed by atoms with Crippen molar-refractivity contribution in [1.82, 2.24) is 0 Å². The first-order valence-corrected chi connectivity index (χ1v) is 9.56. The Morgan fingerprint density at radius 2 is 1.25 bits per heavy atom. The molecule has 0 saturated heterocycles. The van der Waals surface area contributed by atoms with Gasteiger partial charge in [0.15, 0.2) is 7.14 Å². The van der Waals surface area contributed by atoms with Crippen LogP contribution >= 0.6 is 7.14 Å². The maximum atomic E-state index is 14.3. The van der Waals surface area contributed by atoms with Crippen molar-refractivity contribution < 1.29 is 4.57 Å². The Kier molecular flexibility index (Phi) is 4.67. The summed E-state index contributed by atoms with van der Waals surface area (Å²) in [5, 5.41) is 2.24. The van der Waals surface area contributed by atoms with E-state index in [-0.39, 0.29) is 0 Å². The molecule has 0 spiro atoms. The standard InChI is InChI=1S/C22H19OP/c1-3-22(19-16-14-18(2)15-17-19)24(23,20-10-6-4-7-11-20)21-12-8-5-9-13-21/h4-17H,1H2,2H3. The predicted molar refractivity (Wildman–Crippen MR) is 103 cm³/mol. The minimum absolute atomic E-state index is 0.653. The molecule has 24 heavy (non-hydrogen) atoms. The second-order valence-electron chi connectivity index (χ2n) is 5.67. The molecular weight excluding hydrogens is 311 g/mol. The van der Waals surface area contributed by atoms with Crippen molar-refractivity contribution >= 4 is 23.1 Å². The zero-order chi connectivity index (χ0) is 17.0. The quantitative estimate of drug-likeness (QED) is 0.478. The average Bonchev–Trinajstić information content (AvgIpc) is 2.65.